The summed E-state index contributed by atoms with van der Waals surface area (Å²) < 4.78 is 5.16. The van der Waals surface area contributed by atoms with E-state index in [0.29, 0.717) is 0 Å². The van der Waals surface area contributed by atoms with E-state index in [9.17, 15) is 9.59 Å². The molecule has 0 radical (unpaired) electrons. The Labute approximate surface area is 106 Å². The number of urea groups is 1. The molecule has 2 amide bonds. The minimum atomic E-state index is -0.917. The number of rotatable bonds is 3. The van der Waals surface area contributed by atoms with Gasteiger partial charge in [-0.25, -0.2) is 4.79 Å². The van der Waals surface area contributed by atoms with E-state index in [0.717, 1.165) is 12.8 Å². The van der Waals surface area contributed by atoms with Crippen molar-refractivity contribution >= 4 is 12.0 Å². The Bertz CT molecular complexity index is 361. The molecule has 1 aliphatic heterocycles. The van der Waals surface area contributed by atoms with Gasteiger partial charge in [0, 0.05) is 13.1 Å². The summed E-state index contributed by atoms with van der Waals surface area (Å²) in [5.41, 5.74) is 0. The third kappa shape index (κ3) is 2.64. The summed E-state index contributed by atoms with van der Waals surface area (Å²) in [6, 6.07) is -0.493. The first kappa shape index (κ1) is 12.9. The first-order chi connectivity index (χ1) is 8.59. The highest BCUT2D eigenvalue weighted by molar-refractivity contribution is 5.77. The highest BCUT2D eigenvalue weighted by atomic mass is 16.5. The molecule has 2 unspecified atom stereocenters. The first-order valence-corrected chi connectivity index (χ1v) is 6.08. The van der Waals surface area contributed by atoms with Crippen LogP contribution < -0.4 is 5.32 Å². The summed E-state index contributed by atoms with van der Waals surface area (Å²) in [4.78, 5) is 24.5. The molecular formula is C12H18N2O4. The number of aliphatic carboxylic acids is 1. The van der Waals surface area contributed by atoms with Crippen LogP contribution in [0, 0.1) is 5.92 Å². The van der Waals surface area contributed by atoms with Crippen molar-refractivity contribution in [1.29, 1.82) is 0 Å². The van der Waals surface area contributed by atoms with Crippen LogP contribution in [0.3, 0.4) is 0 Å². The van der Waals surface area contributed by atoms with Gasteiger partial charge < -0.3 is 20.1 Å². The van der Waals surface area contributed by atoms with Crippen molar-refractivity contribution in [3.63, 3.8) is 0 Å². The van der Waals surface area contributed by atoms with E-state index in [1.165, 1.54) is 4.90 Å². The molecule has 100 valence electrons. The largest absolute Gasteiger partial charge is 0.481 e. The zero-order chi connectivity index (χ0) is 13.1. The summed E-state index contributed by atoms with van der Waals surface area (Å²) >= 11 is 0. The predicted octanol–water partition coefficient (Wildman–Crippen LogP) is 0.446. The van der Waals surface area contributed by atoms with Crippen LogP contribution in [-0.4, -0.2) is 54.4 Å². The fourth-order valence-corrected chi connectivity index (χ4v) is 2.32. The number of carboxylic acid groups (broad SMARTS) is 1. The van der Waals surface area contributed by atoms with Crippen molar-refractivity contribution in [1.82, 2.24) is 10.2 Å². The van der Waals surface area contributed by atoms with Gasteiger partial charge in [-0.15, -0.1) is 0 Å². The second kappa shape index (κ2) is 5.39. The Morgan fingerprint density at radius 2 is 2.00 bits per heavy atom. The Morgan fingerprint density at radius 3 is 2.61 bits per heavy atom. The summed E-state index contributed by atoms with van der Waals surface area (Å²) in [6.07, 6.45) is 5.74. The van der Waals surface area contributed by atoms with E-state index in [-0.39, 0.29) is 25.3 Å². The van der Waals surface area contributed by atoms with Crippen molar-refractivity contribution in [2.75, 3.05) is 20.3 Å². The Hall–Kier alpha value is -1.56. The fraction of sp³-hybridized carbons (Fsp3) is 0.667. The molecule has 2 rings (SSSR count). The molecule has 2 atom stereocenters. The second-order valence-electron chi connectivity index (χ2n) is 4.75. The number of nitrogens with zero attached hydrogens (tertiary/aromatic N) is 1. The maximum Gasteiger partial charge on any atom is 0.317 e. The number of likely N-dealkylation sites (N-methyl/N-ethyl adjacent to an activating group) is 1. The number of hydrogen-bond acceptors (Lipinski definition) is 3. The third-order valence-electron chi connectivity index (χ3n) is 3.52. The maximum absolute atomic E-state index is 12.0. The quantitative estimate of drug-likeness (QED) is 0.717. The van der Waals surface area contributed by atoms with Crippen molar-refractivity contribution in [2.45, 2.75) is 24.9 Å². The average Bonchev–Trinajstić information content (AvgIpc) is 2.97. The number of nitrogens with one attached hydrogen (secondary N) is 1. The van der Waals surface area contributed by atoms with Gasteiger partial charge in [-0.3, -0.25) is 4.79 Å². The van der Waals surface area contributed by atoms with E-state index in [4.69, 9.17) is 9.84 Å². The van der Waals surface area contributed by atoms with Gasteiger partial charge in [0.1, 0.15) is 5.92 Å². The summed E-state index contributed by atoms with van der Waals surface area (Å²) in [5.74, 6) is -1.55. The molecule has 1 heterocycles. The number of carbonyl (C=O) groups excluding carboxylic acids is 1. The van der Waals surface area contributed by atoms with Gasteiger partial charge in [-0.05, 0) is 12.8 Å². The van der Waals surface area contributed by atoms with Gasteiger partial charge in [-0.1, -0.05) is 12.2 Å². The average molecular weight is 254 g/mol. The fourth-order valence-electron chi connectivity index (χ4n) is 2.32. The van der Waals surface area contributed by atoms with Crippen molar-refractivity contribution < 1.29 is 19.4 Å². The van der Waals surface area contributed by atoms with Crippen LogP contribution in [0.2, 0.25) is 0 Å². The molecule has 0 bridgehead atoms. The van der Waals surface area contributed by atoms with Crippen molar-refractivity contribution in [2.24, 2.45) is 5.92 Å². The molecule has 1 saturated heterocycles. The van der Waals surface area contributed by atoms with Crippen molar-refractivity contribution in [3.8, 4) is 0 Å². The SMILES string of the molecule is CN(C(=O)NC1CC=CC1)C1COCC1C(=O)O. The molecule has 0 aromatic heterocycles. The van der Waals surface area contributed by atoms with Gasteiger partial charge in [0.05, 0.1) is 19.3 Å². The molecule has 0 spiro atoms. The molecular weight excluding hydrogens is 236 g/mol. The van der Waals surface area contributed by atoms with Crippen LogP contribution >= 0.6 is 0 Å². The Balaban J connectivity index is 1.91. The molecule has 0 aromatic carbocycles. The number of carboxylic acids is 1. The lowest BCUT2D eigenvalue weighted by Gasteiger charge is -2.28. The lowest BCUT2D eigenvalue weighted by molar-refractivity contribution is -0.142. The molecule has 1 fully saturated rings. The molecule has 1 aliphatic carbocycles. The number of hydrogen-bond donors (Lipinski definition) is 2. The highest BCUT2D eigenvalue weighted by Crippen LogP contribution is 2.19. The zero-order valence-corrected chi connectivity index (χ0v) is 10.3. The summed E-state index contributed by atoms with van der Waals surface area (Å²) in [6.45, 7) is 0.451. The van der Waals surface area contributed by atoms with E-state index in [1.54, 1.807) is 7.05 Å². The lowest BCUT2D eigenvalue weighted by atomic mass is 10.0. The standard InChI is InChI=1S/C12H18N2O4/c1-14(10-7-18-6-9(10)11(15)16)12(17)13-8-4-2-3-5-8/h2-3,8-10H,4-7H2,1H3,(H,13,17)(H,15,16). The van der Waals surface area contributed by atoms with E-state index < -0.39 is 17.9 Å². The lowest BCUT2D eigenvalue weighted by Crippen LogP contribution is -2.50. The van der Waals surface area contributed by atoms with Crippen molar-refractivity contribution in [3.05, 3.63) is 12.2 Å². The smallest absolute Gasteiger partial charge is 0.317 e. The summed E-state index contributed by atoms with van der Waals surface area (Å²) in [7, 11) is 1.62. The predicted molar refractivity (Wildman–Crippen MR) is 64.2 cm³/mol. The molecule has 6 nitrogen and oxygen atoms in total. The Morgan fingerprint density at radius 1 is 1.33 bits per heavy atom. The number of ether oxygens (including phenoxy) is 1. The van der Waals surface area contributed by atoms with Gasteiger partial charge in [0.25, 0.3) is 0 Å². The number of amides is 2. The van der Waals surface area contributed by atoms with Crippen LogP contribution in [0.5, 0.6) is 0 Å². The van der Waals surface area contributed by atoms with Gasteiger partial charge >= 0.3 is 12.0 Å². The molecule has 2 aliphatic rings. The molecule has 18 heavy (non-hydrogen) atoms. The van der Waals surface area contributed by atoms with Crippen LogP contribution in [0.4, 0.5) is 4.79 Å². The molecule has 2 N–H and O–H groups in total. The Kier molecular flexibility index (Phi) is 3.86. The highest BCUT2D eigenvalue weighted by Gasteiger charge is 2.38. The first-order valence-electron chi connectivity index (χ1n) is 6.08. The van der Waals surface area contributed by atoms with Crippen LogP contribution in [0.25, 0.3) is 0 Å². The number of carbonyl (C=O) groups is 2. The third-order valence-corrected chi connectivity index (χ3v) is 3.52. The van der Waals surface area contributed by atoms with Gasteiger partial charge in [0.15, 0.2) is 0 Å². The molecule has 0 aromatic rings. The van der Waals surface area contributed by atoms with Crippen LogP contribution in [0.15, 0.2) is 12.2 Å². The van der Waals surface area contributed by atoms with Gasteiger partial charge in [-0.2, -0.15) is 0 Å². The van der Waals surface area contributed by atoms with Crippen LogP contribution in [-0.2, 0) is 9.53 Å². The normalized spacial score (nSPS) is 27.4. The van der Waals surface area contributed by atoms with E-state index >= 15 is 0 Å². The van der Waals surface area contributed by atoms with E-state index in [2.05, 4.69) is 5.32 Å². The van der Waals surface area contributed by atoms with E-state index in [1.807, 2.05) is 12.2 Å². The topological polar surface area (TPSA) is 78.9 Å². The molecule has 6 heteroatoms. The minimum Gasteiger partial charge on any atom is -0.481 e. The minimum absolute atomic E-state index is 0.130. The van der Waals surface area contributed by atoms with Crippen LogP contribution in [0.1, 0.15) is 12.8 Å². The second-order valence-corrected chi connectivity index (χ2v) is 4.75. The molecule has 0 saturated carbocycles. The van der Waals surface area contributed by atoms with Gasteiger partial charge in [0.2, 0.25) is 0 Å². The zero-order valence-electron chi connectivity index (χ0n) is 10.3. The summed E-state index contributed by atoms with van der Waals surface area (Å²) in [5, 5.41) is 11.9. The monoisotopic (exact) mass is 254 g/mol. The maximum atomic E-state index is 12.0.